The molecule has 0 bridgehead atoms. The first-order valence-corrected chi connectivity index (χ1v) is 12.8. The second-order valence-corrected chi connectivity index (χ2v) is 11.0. The van der Waals surface area contributed by atoms with Crippen molar-refractivity contribution < 1.29 is 14.5 Å². The van der Waals surface area contributed by atoms with Crippen LogP contribution in [0.4, 0.5) is 11.5 Å². The first-order valence-electron chi connectivity index (χ1n) is 12.8. The van der Waals surface area contributed by atoms with Crippen molar-refractivity contribution in [1.29, 1.82) is 0 Å². The Labute approximate surface area is 220 Å². The number of carbonyl (C=O) groups excluding carboxylic acids is 1. The van der Waals surface area contributed by atoms with E-state index >= 15 is 0 Å². The van der Waals surface area contributed by atoms with Gasteiger partial charge in [-0.1, -0.05) is 53.6 Å². The summed E-state index contributed by atoms with van der Waals surface area (Å²) in [7, 11) is 3.49. The Morgan fingerprint density at radius 2 is 1.70 bits per heavy atom. The van der Waals surface area contributed by atoms with Crippen LogP contribution in [-0.4, -0.2) is 60.9 Å². The third-order valence-electron chi connectivity index (χ3n) is 7.50. The number of carbonyl (C=O) groups is 1. The number of hydrogen-bond donors (Lipinski definition) is 1. The number of benzene rings is 2. The van der Waals surface area contributed by atoms with E-state index < -0.39 is 5.41 Å². The Hall–Kier alpha value is -3.26. The number of hydroxylamine groups is 3. The van der Waals surface area contributed by atoms with E-state index in [0.717, 1.165) is 39.2 Å². The maximum Gasteiger partial charge on any atom is 0.236 e. The molecule has 0 saturated carbocycles. The van der Waals surface area contributed by atoms with Crippen molar-refractivity contribution in [2.45, 2.75) is 39.7 Å². The SMILES string of the molecule is Cc1cc(C)cc(C(C)(C)C(=O)N(C)c2cnc(N3CC[N+](C)([O-])CC3)cc2-c2ccccc2CO)c1. The Kier molecular flexibility index (Phi) is 7.42. The average Bonchev–Trinajstić information content (AvgIpc) is 2.87. The van der Waals surface area contributed by atoms with Gasteiger partial charge in [0.05, 0.1) is 57.1 Å². The standard InChI is InChI=1S/C30H38N4O3/c1-21-15-22(2)17-24(16-21)30(3,4)29(36)32(5)27-19-31-28(33-11-13-34(6,37)14-12-33)18-26(27)25-10-8-7-9-23(25)20-35/h7-10,15-19,35H,11-14,20H2,1-6H3. The van der Waals surface area contributed by atoms with Gasteiger partial charge < -0.3 is 24.8 Å². The number of amides is 1. The number of aliphatic hydroxyl groups is 1. The minimum absolute atomic E-state index is 0.0489. The molecule has 1 aliphatic heterocycles. The van der Waals surface area contributed by atoms with Crippen LogP contribution in [0.2, 0.25) is 0 Å². The summed E-state index contributed by atoms with van der Waals surface area (Å²) in [6.07, 6.45) is 1.74. The second-order valence-electron chi connectivity index (χ2n) is 11.0. The predicted octanol–water partition coefficient (Wildman–Crippen LogP) is 4.56. The van der Waals surface area contributed by atoms with Gasteiger partial charge in [0.1, 0.15) is 5.82 Å². The summed E-state index contributed by atoms with van der Waals surface area (Å²) in [5, 5.41) is 22.4. The van der Waals surface area contributed by atoms with Crippen LogP contribution in [0.5, 0.6) is 0 Å². The molecule has 7 nitrogen and oxygen atoms in total. The van der Waals surface area contributed by atoms with E-state index in [1.54, 1.807) is 25.2 Å². The molecule has 37 heavy (non-hydrogen) atoms. The average molecular weight is 503 g/mol. The quantitative estimate of drug-likeness (QED) is 0.395. The zero-order valence-electron chi connectivity index (χ0n) is 22.8. The molecule has 196 valence electrons. The second kappa shape index (κ2) is 10.2. The molecular weight excluding hydrogens is 464 g/mol. The predicted molar refractivity (Wildman–Crippen MR) is 149 cm³/mol. The van der Waals surface area contributed by atoms with Crippen molar-refractivity contribution in [3.63, 3.8) is 0 Å². The lowest BCUT2D eigenvalue weighted by atomic mass is 9.81. The fraction of sp³-hybridized carbons (Fsp3) is 0.400. The third kappa shape index (κ3) is 5.54. The zero-order chi connectivity index (χ0) is 27.0. The van der Waals surface area contributed by atoms with Gasteiger partial charge in [-0.3, -0.25) is 4.79 Å². The molecule has 2 heterocycles. The third-order valence-corrected chi connectivity index (χ3v) is 7.50. The van der Waals surface area contributed by atoms with Crippen LogP contribution in [0.1, 0.15) is 36.1 Å². The summed E-state index contributed by atoms with van der Waals surface area (Å²) in [4.78, 5) is 22.5. The van der Waals surface area contributed by atoms with E-state index in [9.17, 15) is 15.1 Å². The molecule has 3 aromatic rings. The van der Waals surface area contributed by atoms with Crippen molar-refractivity contribution in [2.24, 2.45) is 0 Å². The maximum absolute atomic E-state index is 14.0. The summed E-state index contributed by atoms with van der Waals surface area (Å²) < 4.78 is -0.250. The topological polar surface area (TPSA) is 79.7 Å². The number of hydrogen-bond acceptors (Lipinski definition) is 5. The number of anilines is 2. The molecule has 2 aromatic carbocycles. The highest BCUT2D eigenvalue weighted by molar-refractivity contribution is 6.03. The summed E-state index contributed by atoms with van der Waals surface area (Å²) in [6, 6.07) is 15.9. The lowest BCUT2D eigenvalue weighted by molar-refractivity contribution is -0.861. The normalized spacial score (nSPS) is 15.5. The van der Waals surface area contributed by atoms with Crippen molar-refractivity contribution in [2.75, 3.05) is 50.1 Å². The van der Waals surface area contributed by atoms with Crippen LogP contribution in [0.15, 0.2) is 54.7 Å². The van der Waals surface area contributed by atoms with Crippen molar-refractivity contribution >= 4 is 17.4 Å². The monoisotopic (exact) mass is 502 g/mol. The molecule has 7 heteroatoms. The highest BCUT2D eigenvalue weighted by atomic mass is 16.5. The van der Waals surface area contributed by atoms with Crippen LogP contribution in [0.3, 0.4) is 0 Å². The molecule has 0 atom stereocenters. The van der Waals surface area contributed by atoms with Crippen molar-refractivity contribution in [1.82, 2.24) is 4.98 Å². The molecule has 0 radical (unpaired) electrons. The van der Waals surface area contributed by atoms with Crippen LogP contribution >= 0.6 is 0 Å². The van der Waals surface area contributed by atoms with E-state index in [1.807, 2.05) is 58.0 Å². The fourth-order valence-corrected chi connectivity index (χ4v) is 5.12. The van der Waals surface area contributed by atoms with Gasteiger partial charge in [-0.05, 0) is 50.5 Å². The van der Waals surface area contributed by atoms with Crippen LogP contribution < -0.4 is 9.80 Å². The highest BCUT2D eigenvalue weighted by Crippen LogP contribution is 2.37. The minimum Gasteiger partial charge on any atom is -0.633 e. The van der Waals surface area contributed by atoms with Crippen molar-refractivity contribution in [3.05, 3.63) is 82.2 Å². The van der Waals surface area contributed by atoms with Gasteiger partial charge in [0.2, 0.25) is 5.91 Å². The Balaban J connectivity index is 1.77. The van der Waals surface area contributed by atoms with Gasteiger partial charge in [0.15, 0.2) is 0 Å². The summed E-state index contributed by atoms with van der Waals surface area (Å²) in [5.74, 6) is 0.716. The number of quaternary nitrogens is 1. The van der Waals surface area contributed by atoms with E-state index in [4.69, 9.17) is 4.98 Å². The first-order chi connectivity index (χ1) is 17.4. The minimum atomic E-state index is -0.763. The molecule has 0 aliphatic carbocycles. The lowest BCUT2D eigenvalue weighted by Gasteiger charge is -2.45. The molecule has 1 amide bonds. The zero-order valence-corrected chi connectivity index (χ0v) is 22.8. The molecule has 4 rings (SSSR count). The molecule has 1 saturated heterocycles. The van der Waals surface area contributed by atoms with Crippen molar-refractivity contribution in [3.8, 4) is 11.1 Å². The van der Waals surface area contributed by atoms with E-state index in [0.29, 0.717) is 31.9 Å². The molecule has 0 unspecified atom stereocenters. The first kappa shape index (κ1) is 26.8. The molecule has 1 aliphatic rings. The number of rotatable bonds is 6. The largest absolute Gasteiger partial charge is 0.633 e. The van der Waals surface area contributed by atoms with Crippen LogP contribution in [-0.2, 0) is 16.8 Å². The van der Waals surface area contributed by atoms with Crippen LogP contribution in [0, 0.1) is 19.1 Å². The molecule has 1 N–H and O–H groups in total. The number of piperazine rings is 1. The Morgan fingerprint density at radius 1 is 1.08 bits per heavy atom. The maximum atomic E-state index is 14.0. The number of pyridine rings is 1. The molecule has 1 aromatic heterocycles. The van der Waals surface area contributed by atoms with E-state index in [-0.39, 0.29) is 17.2 Å². The van der Waals surface area contributed by atoms with Gasteiger partial charge in [0, 0.05) is 12.6 Å². The number of nitrogens with zero attached hydrogens (tertiary/aromatic N) is 4. The summed E-state index contributed by atoms with van der Waals surface area (Å²) >= 11 is 0. The smallest absolute Gasteiger partial charge is 0.236 e. The number of aryl methyl sites for hydroxylation is 2. The molecular formula is C30H38N4O3. The summed E-state index contributed by atoms with van der Waals surface area (Å²) in [6.45, 7) is 10.1. The van der Waals surface area contributed by atoms with E-state index in [2.05, 4.69) is 23.1 Å². The van der Waals surface area contributed by atoms with Gasteiger partial charge in [-0.2, -0.15) is 0 Å². The van der Waals surface area contributed by atoms with Gasteiger partial charge >= 0.3 is 0 Å². The fourth-order valence-electron chi connectivity index (χ4n) is 5.12. The molecule has 1 fully saturated rings. The summed E-state index contributed by atoms with van der Waals surface area (Å²) in [5.41, 5.74) is 5.58. The number of aliphatic hydroxyl groups excluding tert-OH is 1. The Morgan fingerprint density at radius 3 is 2.32 bits per heavy atom. The lowest BCUT2D eigenvalue weighted by Crippen LogP contribution is -2.54. The number of aromatic nitrogens is 1. The van der Waals surface area contributed by atoms with Gasteiger partial charge in [-0.25, -0.2) is 4.98 Å². The van der Waals surface area contributed by atoms with Gasteiger partial charge in [0.25, 0.3) is 0 Å². The van der Waals surface area contributed by atoms with Crippen LogP contribution in [0.25, 0.3) is 11.1 Å². The highest BCUT2D eigenvalue weighted by Gasteiger charge is 2.34. The number of likely N-dealkylation sites (N-methyl/N-ethyl adjacent to an activating group) is 2. The van der Waals surface area contributed by atoms with E-state index in [1.165, 1.54) is 0 Å². The van der Waals surface area contributed by atoms with Gasteiger partial charge in [-0.15, -0.1) is 0 Å². The molecule has 0 spiro atoms. The Bertz CT molecular complexity index is 1270.